The Morgan fingerprint density at radius 2 is 1.87 bits per heavy atom. The molecule has 0 unspecified atom stereocenters. The van der Waals surface area contributed by atoms with Crippen molar-refractivity contribution in [3.63, 3.8) is 0 Å². The molecule has 0 saturated heterocycles. The van der Waals surface area contributed by atoms with Crippen molar-refractivity contribution in [1.29, 1.82) is 5.26 Å². The Kier molecular flexibility index (Phi) is 8.20. The molecule has 0 radical (unpaired) electrons. The first-order valence-electron chi connectivity index (χ1n) is 13.1. The fraction of sp³-hybridized carbons (Fsp3) is 0.355. The van der Waals surface area contributed by atoms with Gasteiger partial charge in [-0.15, -0.1) is 0 Å². The molecule has 4 rings (SSSR count). The lowest BCUT2D eigenvalue weighted by atomic mass is 10.0. The van der Waals surface area contributed by atoms with Gasteiger partial charge < -0.3 is 14.8 Å². The minimum atomic E-state index is -0.754. The molecule has 39 heavy (non-hydrogen) atoms. The van der Waals surface area contributed by atoms with E-state index in [1.54, 1.807) is 32.9 Å². The zero-order chi connectivity index (χ0) is 28.2. The zero-order valence-electron chi connectivity index (χ0n) is 22.9. The lowest BCUT2D eigenvalue weighted by molar-refractivity contribution is 0.0583. The average Bonchev–Trinajstić information content (AvgIpc) is 3.42. The number of pyridine rings is 1. The van der Waals surface area contributed by atoms with Crippen molar-refractivity contribution < 1.29 is 19.1 Å². The molecular weight excluding hydrogens is 492 g/mol. The fourth-order valence-electron chi connectivity index (χ4n) is 4.72. The third-order valence-electron chi connectivity index (χ3n) is 6.53. The first kappa shape index (κ1) is 27.6. The second-order valence-corrected chi connectivity index (χ2v) is 10.7. The standard InChI is InChI=1S/C31H34N4O4/c1-20(18-32)19-35(30(37)39-31(2,3)4)28-24-17-22(14-13-21(24)15-16-27(28)38-5)25-11-8-12-26(34-25)29(36)33-23-9-6-7-10-23/h8,11-17,23H,1,6-7,9-10,19H2,2-5H3,(H,33,36). The van der Waals surface area contributed by atoms with Crippen LogP contribution in [0.3, 0.4) is 0 Å². The van der Waals surface area contributed by atoms with Gasteiger partial charge in [-0.05, 0) is 63.3 Å². The molecule has 202 valence electrons. The maximum atomic E-state index is 13.4. The summed E-state index contributed by atoms with van der Waals surface area (Å²) >= 11 is 0. The molecule has 0 bridgehead atoms. The maximum absolute atomic E-state index is 13.4. The average molecular weight is 527 g/mol. The largest absolute Gasteiger partial charge is 0.495 e. The van der Waals surface area contributed by atoms with Gasteiger partial charge in [-0.25, -0.2) is 9.78 Å². The first-order chi connectivity index (χ1) is 18.6. The van der Waals surface area contributed by atoms with Crippen LogP contribution in [0.15, 0.2) is 60.7 Å². The number of nitrogens with zero attached hydrogens (tertiary/aromatic N) is 3. The summed E-state index contributed by atoms with van der Waals surface area (Å²) in [7, 11) is 1.52. The van der Waals surface area contributed by atoms with Crippen LogP contribution in [0, 0.1) is 11.3 Å². The molecule has 0 spiro atoms. The number of carbonyl (C=O) groups excluding carboxylic acids is 2. The number of hydrogen-bond donors (Lipinski definition) is 1. The summed E-state index contributed by atoms with van der Waals surface area (Å²) in [5.41, 5.74) is 1.63. The Balaban J connectivity index is 1.79. The van der Waals surface area contributed by atoms with Crippen molar-refractivity contribution >= 4 is 28.5 Å². The lowest BCUT2D eigenvalue weighted by Gasteiger charge is -2.29. The summed E-state index contributed by atoms with van der Waals surface area (Å²) in [6.45, 7) is 9.05. The second-order valence-electron chi connectivity index (χ2n) is 10.7. The number of benzene rings is 2. The SMILES string of the molecule is C=C(C#N)CN(C(=O)OC(C)(C)C)c1c(OC)ccc2ccc(-c3cccc(C(=O)NC4CCCC4)n3)cc12. The van der Waals surface area contributed by atoms with Crippen molar-refractivity contribution in [2.24, 2.45) is 0 Å². The van der Waals surface area contributed by atoms with Gasteiger partial charge in [0.25, 0.3) is 5.91 Å². The third kappa shape index (κ3) is 6.55. The van der Waals surface area contributed by atoms with Crippen molar-refractivity contribution in [1.82, 2.24) is 10.3 Å². The van der Waals surface area contributed by atoms with Gasteiger partial charge in [0.05, 0.1) is 31.1 Å². The normalized spacial score (nSPS) is 13.5. The van der Waals surface area contributed by atoms with E-state index in [0.29, 0.717) is 28.2 Å². The van der Waals surface area contributed by atoms with E-state index in [1.165, 1.54) is 12.0 Å². The molecule has 1 aliphatic rings. The highest BCUT2D eigenvalue weighted by atomic mass is 16.6. The Morgan fingerprint density at radius 3 is 2.54 bits per heavy atom. The Morgan fingerprint density at radius 1 is 1.15 bits per heavy atom. The van der Waals surface area contributed by atoms with Crippen LogP contribution in [0.25, 0.3) is 22.0 Å². The minimum absolute atomic E-state index is 0.0693. The van der Waals surface area contributed by atoms with Crippen LogP contribution in [0.1, 0.15) is 56.9 Å². The third-order valence-corrected chi connectivity index (χ3v) is 6.53. The number of nitriles is 1. The van der Waals surface area contributed by atoms with Gasteiger partial charge in [0.2, 0.25) is 0 Å². The molecule has 2 amide bonds. The summed E-state index contributed by atoms with van der Waals surface area (Å²) in [6.07, 6.45) is 3.62. The molecule has 1 heterocycles. The number of methoxy groups -OCH3 is 1. The van der Waals surface area contributed by atoms with E-state index >= 15 is 0 Å². The van der Waals surface area contributed by atoms with Gasteiger partial charge in [-0.2, -0.15) is 5.26 Å². The molecule has 8 nitrogen and oxygen atoms in total. The van der Waals surface area contributed by atoms with Gasteiger partial charge in [0.1, 0.15) is 17.0 Å². The molecule has 1 fully saturated rings. The maximum Gasteiger partial charge on any atom is 0.415 e. The van der Waals surface area contributed by atoms with E-state index in [0.717, 1.165) is 36.6 Å². The zero-order valence-corrected chi connectivity index (χ0v) is 22.9. The van der Waals surface area contributed by atoms with Crippen LogP contribution in [0.5, 0.6) is 5.75 Å². The number of hydrogen-bond acceptors (Lipinski definition) is 6. The van der Waals surface area contributed by atoms with Crippen LogP contribution < -0.4 is 15.0 Å². The topological polar surface area (TPSA) is 105 Å². The molecule has 1 saturated carbocycles. The van der Waals surface area contributed by atoms with E-state index in [4.69, 9.17) is 9.47 Å². The first-order valence-corrected chi connectivity index (χ1v) is 13.1. The molecular formula is C31H34N4O4. The monoisotopic (exact) mass is 526 g/mol. The van der Waals surface area contributed by atoms with E-state index < -0.39 is 11.7 Å². The van der Waals surface area contributed by atoms with Crippen LogP contribution in [0.4, 0.5) is 10.5 Å². The highest BCUT2D eigenvalue weighted by Crippen LogP contribution is 2.39. The fourth-order valence-corrected chi connectivity index (χ4v) is 4.72. The molecule has 0 atom stereocenters. The molecule has 1 aliphatic carbocycles. The summed E-state index contributed by atoms with van der Waals surface area (Å²) < 4.78 is 11.3. The molecule has 0 aliphatic heterocycles. The minimum Gasteiger partial charge on any atom is -0.495 e. The van der Waals surface area contributed by atoms with Gasteiger partial charge in [-0.1, -0.05) is 43.7 Å². The van der Waals surface area contributed by atoms with Crippen molar-refractivity contribution in [2.45, 2.75) is 58.1 Å². The van der Waals surface area contributed by atoms with Crippen LogP contribution in [-0.2, 0) is 4.74 Å². The van der Waals surface area contributed by atoms with Gasteiger partial charge in [-0.3, -0.25) is 9.69 Å². The Hall–Kier alpha value is -4.38. The number of nitrogens with one attached hydrogen (secondary N) is 1. The van der Waals surface area contributed by atoms with Gasteiger partial charge in [0, 0.05) is 22.6 Å². The van der Waals surface area contributed by atoms with E-state index in [9.17, 15) is 14.9 Å². The summed E-state index contributed by atoms with van der Waals surface area (Å²) in [6, 6.07) is 17.0. The quantitative estimate of drug-likeness (QED) is 0.357. The highest BCUT2D eigenvalue weighted by Gasteiger charge is 2.28. The predicted octanol–water partition coefficient (Wildman–Crippen LogP) is 6.40. The molecule has 8 heteroatoms. The lowest BCUT2D eigenvalue weighted by Crippen LogP contribution is -2.38. The Labute approximate surface area is 229 Å². The number of carbonyl (C=O) groups is 2. The molecule has 3 aromatic rings. The number of ether oxygens (including phenoxy) is 2. The molecule has 1 N–H and O–H groups in total. The number of fused-ring (bicyclic) bond motifs is 1. The van der Waals surface area contributed by atoms with Crippen molar-refractivity contribution in [2.75, 3.05) is 18.6 Å². The molecule has 1 aromatic heterocycles. The number of amides is 2. The van der Waals surface area contributed by atoms with E-state index in [1.807, 2.05) is 42.5 Å². The van der Waals surface area contributed by atoms with Crippen LogP contribution >= 0.6 is 0 Å². The second kappa shape index (κ2) is 11.6. The summed E-state index contributed by atoms with van der Waals surface area (Å²) in [5, 5.41) is 14.1. The number of aromatic nitrogens is 1. The van der Waals surface area contributed by atoms with Gasteiger partial charge in [0.15, 0.2) is 0 Å². The highest BCUT2D eigenvalue weighted by molar-refractivity contribution is 6.06. The smallest absolute Gasteiger partial charge is 0.415 e. The van der Waals surface area contributed by atoms with Crippen molar-refractivity contribution in [3.8, 4) is 23.1 Å². The van der Waals surface area contributed by atoms with Crippen molar-refractivity contribution in [3.05, 3.63) is 66.4 Å². The summed E-state index contributed by atoms with van der Waals surface area (Å²) in [4.78, 5) is 32.3. The van der Waals surface area contributed by atoms with Crippen LogP contribution in [-0.4, -0.2) is 42.3 Å². The van der Waals surface area contributed by atoms with E-state index in [2.05, 4.69) is 16.9 Å². The number of anilines is 1. The van der Waals surface area contributed by atoms with E-state index in [-0.39, 0.29) is 24.1 Å². The summed E-state index contributed by atoms with van der Waals surface area (Å²) in [5.74, 6) is 0.256. The Bertz CT molecular complexity index is 1450. The van der Waals surface area contributed by atoms with Gasteiger partial charge >= 0.3 is 6.09 Å². The predicted molar refractivity (Wildman–Crippen MR) is 152 cm³/mol. The van der Waals surface area contributed by atoms with Crippen LogP contribution in [0.2, 0.25) is 0 Å². The number of rotatable bonds is 7. The molecule has 2 aromatic carbocycles.